The predicted octanol–water partition coefficient (Wildman–Crippen LogP) is 5.32. The third-order valence-corrected chi connectivity index (χ3v) is 4.33. The molecule has 2 nitrogen and oxygen atoms in total. The van der Waals surface area contributed by atoms with E-state index >= 15 is 0 Å². The van der Waals surface area contributed by atoms with Gasteiger partial charge in [0, 0.05) is 10.0 Å². The van der Waals surface area contributed by atoms with Crippen LogP contribution in [0.3, 0.4) is 0 Å². The monoisotopic (exact) mass is 357 g/mol. The number of hydrogen-bond donors (Lipinski definition) is 1. The van der Waals surface area contributed by atoms with Gasteiger partial charge in [0.05, 0.1) is 15.7 Å². The minimum absolute atomic E-state index is 0.222. The van der Waals surface area contributed by atoms with Crippen molar-refractivity contribution in [3.05, 3.63) is 62.0 Å². The number of carbonyl (C=O) groups excluding carboxylic acids is 1. The van der Waals surface area contributed by atoms with Crippen LogP contribution >= 0.6 is 39.1 Å². The lowest BCUT2D eigenvalue weighted by molar-refractivity contribution is 0.102. The standard InChI is InChI=1S/C14H10BrCl2NO/c1-8-7-9(5-6-10(8)15)14(19)18-12-4-2-3-11(16)13(12)17/h2-7H,1H3,(H,18,19). The van der Waals surface area contributed by atoms with Crippen LogP contribution in [0.25, 0.3) is 0 Å². The molecule has 5 heteroatoms. The van der Waals surface area contributed by atoms with Crippen molar-refractivity contribution in [1.82, 2.24) is 0 Å². The van der Waals surface area contributed by atoms with E-state index in [0.29, 0.717) is 21.3 Å². The van der Waals surface area contributed by atoms with E-state index in [0.717, 1.165) is 10.0 Å². The predicted molar refractivity (Wildman–Crippen MR) is 83.3 cm³/mol. The fraction of sp³-hybridized carbons (Fsp3) is 0.0714. The molecule has 98 valence electrons. The molecule has 2 aromatic carbocycles. The van der Waals surface area contributed by atoms with Crippen LogP contribution in [-0.2, 0) is 0 Å². The Morgan fingerprint density at radius 3 is 2.63 bits per heavy atom. The molecule has 0 saturated heterocycles. The summed E-state index contributed by atoms with van der Waals surface area (Å²) in [5.41, 5.74) is 2.06. The molecule has 0 aromatic heterocycles. The van der Waals surface area contributed by atoms with Gasteiger partial charge >= 0.3 is 0 Å². The van der Waals surface area contributed by atoms with Gasteiger partial charge in [0.1, 0.15) is 0 Å². The Kier molecular flexibility index (Phi) is 4.50. The number of rotatable bonds is 2. The molecular weight excluding hydrogens is 349 g/mol. The number of hydrogen-bond acceptors (Lipinski definition) is 1. The van der Waals surface area contributed by atoms with E-state index in [9.17, 15) is 4.79 Å². The van der Waals surface area contributed by atoms with Crippen molar-refractivity contribution in [1.29, 1.82) is 0 Å². The lowest BCUT2D eigenvalue weighted by atomic mass is 10.1. The first-order chi connectivity index (χ1) is 8.99. The zero-order valence-electron chi connectivity index (χ0n) is 10.0. The molecule has 19 heavy (non-hydrogen) atoms. The Hall–Kier alpha value is -1.03. The maximum absolute atomic E-state index is 12.1. The Labute approximate surface area is 129 Å². The first-order valence-electron chi connectivity index (χ1n) is 5.50. The normalized spacial score (nSPS) is 10.3. The summed E-state index contributed by atoms with van der Waals surface area (Å²) in [6.07, 6.45) is 0. The summed E-state index contributed by atoms with van der Waals surface area (Å²) in [6, 6.07) is 10.5. The third-order valence-electron chi connectivity index (χ3n) is 2.62. The van der Waals surface area contributed by atoms with Gasteiger partial charge in [-0.25, -0.2) is 0 Å². The maximum Gasteiger partial charge on any atom is 0.255 e. The second-order valence-corrected chi connectivity index (χ2v) is 5.66. The highest BCUT2D eigenvalue weighted by Crippen LogP contribution is 2.30. The van der Waals surface area contributed by atoms with E-state index < -0.39 is 0 Å². The molecular formula is C14H10BrCl2NO. The number of nitrogens with one attached hydrogen (secondary N) is 1. The van der Waals surface area contributed by atoms with Gasteiger partial charge in [-0.3, -0.25) is 4.79 Å². The first-order valence-corrected chi connectivity index (χ1v) is 7.05. The zero-order valence-corrected chi connectivity index (χ0v) is 13.1. The van der Waals surface area contributed by atoms with Crippen molar-refractivity contribution in [2.45, 2.75) is 6.92 Å². The molecule has 0 spiro atoms. The topological polar surface area (TPSA) is 29.1 Å². The number of amides is 1. The summed E-state index contributed by atoms with van der Waals surface area (Å²) in [6.45, 7) is 1.92. The van der Waals surface area contributed by atoms with Crippen LogP contribution in [-0.4, -0.2) is 5.91 Å². The quantitative estimate of drug-likeness (QED) is 0.773. The van der Waals surface area contributed by atoms with E-state index in [1.807, 2.05) is 13.0 Å². The molecule has 0 heterocycles. The summed E-state index contributed by atoms with van der Waals surface area (Å²) in [5, 5.41) is 3.49. The van der Waals surface area contributed by atoms with E-state index in [4.69, 9.17) is 23.2 Å². The molecule has 0 fully saturated rings. The van der Waals surface area contributed by atoms with E-state index in [1.54, 1.807) is 30.3 Å². The molecule has 0 unspecified atom stereocenters. The van der Waals surface area contributed by atoms with Crippen LogP contribution in [0.5, 0.6) is 0 Å². The Balaban J connectivity index is 2.26. The highest BCUT2D eigenvalue weighted by Gasteiger charge is 2.10. The Morgan fingerprint density at radius 1 is 1.21 bits per heavy atom. The minimum Gasteiger partial charge on any atom is -0.321 e. The second-order valence-electron chi connectivity index (χ2n) is 4.02. The van der Waals surface area contributed by atoms with Gasteiger partial charge in [0.25, 0.3) is 5.91 Å². The zero-order chi connectivity index (χ0) is 14.0. The SMILES string of the molecule is Cc1cc(C(=O)Nc2cccc(Cl)c2Cl)ccc1Br. The van der Waals surface area contributed by atoms with E-state index in [-0.39, 0.29) is 5.91 Å². The number of benzene rings is 2. The van der Waals surface area contributed by atoms with E-state index in [2.05, 4.69) is 21.2 Å². The molecule has 2 aromatic rings. The molecule has 1 amide bonds. The maximum atomic E-state index is 12.1. The highest BCUT2D eigenvalue weighted by atomic mass is 79.9. The molecule has 0 aliphatic carbocycles. The smallest absolute Gasteiger partial charge is 0.255 e. The van der Waals surface area contributed by atoms with Gasteiger partial charge in [-0.2, -0.15) is 0 Å². The summed E-state index contributed by atoms with van der Waals surface area (Å²) in [7, 11) is 0. The summed E-state index contributed by atoms with van der Waals surface area (Å²) < 4.78 is 0.963. The molecule has 0 saturated carbocycles. The molecule has 0 aliphatic heterocycles. The molecule has 0 bridgehead atoms. The molecule has 0 radical (unpaired) electrons. The van der Waals surface area contributed by atoms with Crippen LogP contribution in [0.1, 0.15) is 15.9 Å². The number of carbonyl (C=O) groups is 1. The lowest BCUT2D eigenvalue weighted by Crippen LogP contribution is -2.12. The average molecular weight is 359 g/mol. The van der Waals surface area contributed by atoms with Crippen LogP contribution in [0, 0.1) is 6.92 Å². The van der Waals surface area contributed by atoms with Crippen molar-refractivity contribution in [3.8, 4) is 0 Å². The van der Waals surface area contributed by atoms with Gasteiger partial charge in [0.15, 0.2) is 0 Å². The van der Waals surface area contributed by atoms with Crippen molar-refractivity contribution < 1.29 is 4.79 Å². The second kappa shape index (κ2) is 5.95. The highest BCUT2D eigenvalue weighted by molar-refractivity contribution is 9.10. The van der Waals surface area contributed by atoms with Gasteiger partial charge in [-0.05, 0) is 42.8 Å². The summed E-state index contributed by atoms with van der Waals surface area (Å²) >= 11 is 15.3. The van der Waals surface area contributed by atoms with Crippen LogP contribution in [0.15, 0.2) is 40.9 Å². The average Bonchev–Trinajstić information content (AvgIpc) is 2.38. The third kappa shape index (κ3) is 3.30. The number of anilines is 1. The Morgan fingerprint density at radius 2 is 1.95 bits per heavy atom. The fourth-order valence-electron chi connectivity index (χ4n) is 1.58. The molecule has 2 rings (SSSR count). The minimum atomic E-state index is -0.222. The largest absolute Gasteiger partial charge is 0.321 e. The van der Waals surface area contributed by atoms with Crippen molar-refractivity contribution in [3.63, 3.8) is 0 Å². The van der Waals surface area contributed by atoms with Crippen molar-refractivity contribution in [2.75, 3.05) is 5.32 Å². The van der Waals surface area contributed by atoms with Crippen LogP contribution in [0.2, 0.25) is 10.0 Å². The summed E-state index contributed by atoms with van der Waals surface area (Å²) in [5.74, 6) is -0.222. The van der Waals surface area contributed by atoms with Crippen molar-refractivity contribution in [2.24, 2.45) is 0 Å². The Bertz CT molecular complexity index is 643. The summed E-state index contributed by atoms with van der Waals surface area (Å²) in [4.78, 5) is 12.1. The lowest BCUT2D eigenvalue weighted by Gasteiger charge is -2.09. The van der Waals surface area contributed by atoms with Crippen molar-refractivity contribution >= 4 is 50.7 Å². The van der Waals surface area contributed by atoms with Gasteiger partial charge < -0.3 is 5.32 Å². The van der Waals surface area contributed by atoms with Crippen LogP contribution in [0.4, 0.5) is 5.69 Å². The number of aryl methyl sites for hydroxylation is 1. The van der Waals surface area contributed by atoms with Gasteiger partial charge in [0.2, 0.25) is 0 Å². The molecule has 0 aliphatic rings. The van der Waals surface area contributed by atoms with Gasteiger partial charge in [-0.15, -0.1) is 0 Å². The van der Waals surface area contributed by atoms with Crippen LogP contribution < -0.4 is 5.32 Å². The fourth-order valence-corrected chi connectivity index (χ4v) is 2.18. The first kappa shape index (κ1) is 14.4. The van der Waals surface area contributed by atoms with Gasteiger partial charge in [-0.1, -0.05) is 45.2 Å². The molecule has 1 N–H and O–H groups in total. The number of halogens is 3. The molecule has 0 atom stereocenters. The van der Waals surface area contributed by atoms with E-state index in [1.165, 1.54) is 0 Å².